The maximum atomic E-state index is 12.3. The van der Waals surface area contributed by atoms with Crippen LogP contribution in [0.4, 0.5) is 0 Å². The lowest BCUT2D eigenvalue weighted by Crippen LogP contribution is -2.27. The monoisotopic (exact) mass is 305 g/mol. The van der Waals surface area contributed by atoms with Gasteiger partial charge in [-0.05, 0) is 30.2 Å². The quantitative estimate of drug-likeness (QED) is 0.923. The molecule has 1 aromatic heterocycles. The summed E-state index contributed by atoms with van der Waals surface area (Å²) in [6.45, 7) is 0.542. The molecule has 0 amide bonds. The Labute approximate surface area is 124 Å². The molecule has 2 aromatic rings. The Kier molecular flexibility index (Phi) is 3.08. The van der Waals surface area contributed by atoms with Gasteiger partial charge in [0.05, 0.1) is 0 Å². The third-order valence-corrected chi connectivity index (χ3v) is 6.21. The molecule has 21 heavy (non-hydrogen) atoms. The van der Waals surface area contributed by atoms with Crippen LogP contribution in [-0.2, 0) is 10.0 Å². The van der Waals surface area contributed by atoms with Crippen molar-refractivity contribution in [2.45, 2.75) is 30.8 Å². The van der Waals surface area contributed by atoms with E-state index in [0.29, 0.717) is 18.0 Å². The summed E-state index contributed by atoms with van der Waals surface area (Å²) in [5.41, 5.74) is 0.608. The summed E-state index contributed by atoms with van der Waals surface area (Å²) >= 11 is 0. The summed E-state index contributed by atoms with van der Waals surface area (Å²) < 4.78 is 32.7. The number of fused-ring (bicyclic) bond motifs is 1. The summed E-state index contributed by atoms with van der Waals surface area (Å²) in [5.74, 6) is 2.12. The standard InChI is InChI=1S/C16H19NO3S/c18-21(19,16-9-12-4-1-2-7-15(12)20-16)17-10-13-8-14(13)11-5-3-6-11/h1-2,4,7,9,11,13-14,17H,3,5-6,8,10H2/t13-,14-/m0/s1. The molecule has 1 aromatic carbocycles. The first-order valence-corrected chi connectivity index (χ1v) is 9.10. The SMILES string of the molecule is O=S(=O)(NC[C@@H]1C[C@H]1C1CCC1)c1cc2ccccc2o1. The van der Waals surface area contributed by atoms with Crippen LogP contribution >= 0.6 is 0 Å². The molecular formula is C16H19NO3S. The van der Waals surface area contributed by atoms with Gasteiger partial charge in [0, 0.05) is 18.0 Å². The molecule has 4 rings (SSSR count). The zero-order valence-corrected chi connectivity index (χ0v) is 12.6. The Morgan fingerprint density at radius 1 is 1.24 bits per heavy atom. The minimum absolute atomic E-state index is 0.0181. The van der Waals surface area contributed by atoms with E-state index < -0.39 is 10.0 Å². The first-order valence-electron chi connectivity index (χ1n) is 7.62. The Hall–Kier alpha value is -1.33. The lowest BCUT2D eigenvalue weighted by Gasteiger charge is -2.25. The van der Waals surface area contributed by atoms with Crippen LogP contribution in [0.25, 0.3) is 11.0 Å². The number of hydrogen-bond acceptors (Lipinski definition) is 3. The number of benzene rings is 1. The van der Waals surface area contributed by atoms with E-state index in [1.807, 2.05) is 18.2 Å². The molecule has 1 N–H and O–H groups in total. The average molecular weight is 305 g/mol. The number of rotatable bonds is 5. The summed E-state index contributed by atoms with van der Waals surface area (Å²) in [6, 6.07) is 8.93. The molecule has 0 aliphatic heterocycles. The molecule has 5 heteroatoms. The van der Waals surface area contributed by atoms with Crippen LogP contribution in [-0.4, -0.2) is 15.0 Å². The number of nitrogens with one attached hydrogen (secondary N) is 1. The minimum atomic E-state index is -3.53. The third kappa shape index (κ3) is 2.49. The topological polar surface area (TPSA) is 59.3 Å². The lowest BCUT2D eigenvalue weighted by atomic mass is 9.81. The first kappa shape index (κ1) is 13.3. The van der Waals surface area contributed by atoms with Crippen molar-refractivity contribution < 1.29 is 12.8 Å². The van der Waals surface area contributed by atoms with E-state index in [4.69, 9.17) is 4.42 Å². The highest BCUT2D eigenvalue weighted by Crippen LogP contribution is 2.51. The average Bonchev–Trinajstić information content (AvgIpc) is 2.99. The highest BCUT2D eigenvalue weighted by Gasteiger charge is 2.44. The van der Waals surface area contributed by atoms with Gasteiger partial charge in [0.1, 0.15) is 5.58 Å². The summed E-state index contributed by atoms with van der Waals surface area (Å²) in [6.07, 6.45) is 5.18. The van der Waals surface area contributed by atoms with Gasteiger partial charge in [0.15, 0.2) is 0 Å². The van der Waals surface area contributed by atoms with Crippen LogP contribution in [0, 0.1) is 17.8 Å². The van der Waals surface area contributed by atoms with Crippen molar-refractivity contribution in [3.8, 4) is 0 Å². The molecule has 0 unspecified atom stereocenters. The predicted molar refractivity (Wildman–Crippen MR) is 80.3 cm³/mol. The van der Waals surface area contributed by atoms with Crippen LogP contribution < -0.4 is 4.72 Å². The largest absolute Gasteiger partial charge is 0.443 e. The van der Waals surface area contributed by atoms with E-state index in [0.717, 1.165) is 17.2 Å². The van der Waals surface area contributed by atoms with E-state index in [-0.39, 0.29) is 5.09 Å². The van der Waals surface area contributed by atoms with Crippen LogP contribution in [0.5, 0.6) is 0 Å². The highest BCUT2D eigenvalue weighted by molar-refractivity contribution is 7.89. The molecule has 1 heterocycles. The van der Waals surface area contributed by atoms with Crippen molar-refractivity contribution in [1.82, 2.24) is 4.72 Å². The maximum absolute atomic E-state index is 12.3. The number of para-hydroxylation sites is 1. The number of hydrogen-bond donors (Lipinski definition) is 1. The molecule has 2 aliphatic rings. The molecule has 2 aliphatic carbocycles. The van der Waals surface area contributed by atoms with Crippen molar-refractivity contribution in [3.05, 3.63) is 30.3 Å². The van der Waals surface area contributed by atoms with Crippen LogP contribution in [0.3, 0.4) is 0 Å². The van der Waals surface area contributed by atoms with Gasteiger partial charge >= 0.3 is 0 Å². The minimum Gasteiger partial charge on any atom is -0.443 e. The van der Waals surface area contributed by atoms with E-state index in [9.17, 15) is 8.42 Å². The lowest BCUT2D eigenvalue weighted by molar-refractivity contribution is 0.265. The normalized spacial score (nSPS) is 25.9. The Bertz CT molecular complexity index is 728. The third-order valence-electron chi connectivity index (χ3n) is 4.94. The second-order valence-electron chi connectivity index (χ2n) is 6.31. The molecule has 0 saturated heterocycles. The maximum Gasteiger partial charge on any atom is 0.274 e. The Balaban J connectivity index is 1.43. The van der Waals surface area contributed by atoms with Crippen molar-refractivity contribution in [2.75, 3.05) is 6.54 Å². The van der Waals surface area contributed by atoms with Gasteiger partial charge in [-0.15, -0.1) is 0 Å². The molecule has 112 valence electrons. The van der Waals surface area contributed by atoms with Gasteiger partial charge in [-0.3, -0.25) is 0 Å². The molecule has 2 fully saturated rings. The van der Waals surface area contributed by atoms with Crippen molar-refractivity contribution in [2.24, 2.45) is 17.8 Å². The molecule has 2 atom stereocenters. The number of furan rings is 1. The van der Waals surface area contributed by atoms with Crippen LogP contribution in [0.1, 0.15) is 25.7 Å². The van der Waals surface area contributed by atoms with Crippen molar-refractivity contribution in [1.29, 1.82) is 0 Å². The molecule has 0 spiro atoms. The zero-order valence-electron chi connectivity index (χ0n) is 11.8. The predicted octanol–water partition coefficient (Wildman–Crippen LogP) is 3.15. The fourth-order valence-electron chi connectivity index (χ4n) is 3.33. The molecule has 0 radical (unpaired) electrons. The molecule has 4 nitrogen and oxygen atoms in total. The molecule has 2 saturated carbocycles. The Morgan fingerprint density at radius 2 is 2.05 bits per heavy atom. The molecular weight excluding hydrogens is 286 g/mol. The summed E-state index contributed by atoms with van der Waals surface area (Å²) in [4.78, 5) is 0. The van der Waals surface area contributed by atoms with Gasteiger partial charge in [-0.25, -0.2) is 13.1 Å². The smallest absolute Gasteiger partial charge is 0.274 e. The van der Waals surface area contributed by atoms with Crippen molar-refractivity contribution in [3.63, 3.8) is 0 Å². The van der Waals surface area contributed by atoms with Crippen molar-refractivity contribution >= 4 is 21.0 Å². The highest BCUT2D eigenvalue weighted by atomic mass is 32.2. The van der Waals surface area contributed by atoms with E-state index in [1.54, 1.807) is 12.1 Å². The fourth-order valence-corrected chi connectivity index (χ4v) is 4.39. The van der Waals surface area contributed by atoms with E-state index in [2.05, 4.69) is 4.72 Å². The van der Waals surface area contributed by atoms with Gasteiger partial charge < -0.3 is 4.42 Å². The number of sulfonamides is 1. The van der Waals surface area contributed by atoms with Crippen LogP contribution in [0.2, 0.25) is 0 Å². The molecule has 0 bridgehead atoms. The van der Waals surface area contributed by atoms with Gasteiger partial charge in [0.25, 0.3) is 10.0 Å². The van der Waals surface area contributed by atoms with Crippen LogP contribution in [0.15, 0.2) is 39.8 Å². The fraction of sp³-hybridized carbons (Fsp3) is 0.500. The Morgan fingerprint density at radius 3 is 2.76 bits per heavy atom. The zero-order chi connectivity index (χ0) is 14.4. The summed E-state index contributed by atoms with van der Waals surface area (Å²) in [7, 11) is -3.53. The second kappa shape index (κ2) is 4.85. The van der Waals surface area contributed by atoms with Gasteiger partial charge in [0.2, 0.25) is 5.09 Å². The van der Waals surface area contributed by atoms with E-state index >= 15 is 0 Å². The summed E-state index contributed by atoms with van der Waals surface area (Å²) in [5, 5.41) is 0.834. The van der Waals surface area contributed by atoms with E-state index in [1.165, 1.54) is 25.7 Å². The first-order chi connectivity index (χ1) is 10.1. The van der Waals surface area contributed by atoms with Gasteiger partial charge in [-0.1, -0.05) is 37.5 Å². The second-order valence-corrected chi connectivity index (χ2v) is 8.00. The van der Waals surface area contributed by atoms with Gasteiger partial charge in [-0.2, -0.15) is 0 Å².